The summed E-state index contributed by atoms with van der Waals surface area (Å²) in [6, 6.07) is 9.49. The van der Waals surface area contributed by atoms with Gasteiger partial charge in [-0.1, -0.05) is 49.1 Å². The third-order valence-electron chi connectivity index (χ3n) is 5.64. The topological polar surface area (TPSA) is 15.3 Å². The van der Waals surface area contributed by atoms with E-state index in [2.05, 4.69) is 48.5 Å². The minimum Gasteiger partial charge on any atom is -0.312 e. The summed E-state index contributed by atoms with van der Waals surface area (Å²) in [6.45, 7) is 5.94. The predicted molar refractivity (Wildman–Crippen MR) is 89.5 cm³/mol. The highest BCUT2D eigenvalue weighted by atomic mass is 15.2. The summed E-state index contributed by atoms with van der Waals surface area (Å²) in [5, 5.41) is 3.52. The summed E-state index contributed by atoms with van der Waals surface area (Å²) in [4.78, 5) is 2.70. The first kappa shape index (κ1) is 15.1. The molecule has 0 bridgehead atoms. The molecular formula is C19H30N2. The molecule has 2 heteroatoms. The molecule has 0 amide bonds. The maximum absolute atomic E-state index is 3.52. The van der Waals surface area contributed by atoms with Crippen LogP contribution in [0.25, 0.3) is 0 Å². The van der Waals surface area contributed by atoms with Gasteiger partial charge in [0.25, 0.3) is 0 Å². The summed E-state index contributed by atoms with van der Waals surface area (Å²) in [6.07, 6.45) is 7.32. The predicted octanol–water partition coefficient (Wildman–Crippen LogP) is 3.77. The molecule has 1 N–H and O–H groups in total. The molecule has 1 saturated carbocycles. The van der Waals surface area contributed by atoms with E-state index in [4.69, 9.17) is 0 Å². The molecule has 3 rings (SSSR count). The zero-order chi connectivity index (χ0) is 14.7. The SMILES string of the molecule is CNC(CN1CCC2CCCCC2C1)c1ccc(C)cc1. The molecule has 2 nitrogen and oxygen atoms in total. The number of nitrogens with zero attached hydrogens (tertiary/aromatic N) is 1. The van der Waals surface area contributed by atoms with Gasteiger partial charge in [-0.15, -0.1) is 0 Å². The van der Waals surface area contributed by atoms with Crippen LogP contribution in [0.1, 0.15) is 49.3 Å². The molecule has 21 heavy (non-hydrogen) atoms. The molecule has 2 aliphatic rings. The average molecular weight is 286 g/mol. The largest absolute Gasteiger partial charge is 0.312 e. The van der Waals surface area contributed by atoms with Gasteiger partial charge in [0.05, 0.1) is 0 Å². The van der Waals surface area contributed by atoms with Crippen molar-refractivity contribution in [1.82, 2.24) is 10.2 Å². The Morgan fingerprint density at radius 1 is 1.10 bits per heavy atom. The van der Waals surface area contributed by atoms with Crippen molar-refractivity contribution in [2.24, 2.45) is 11.8 Å². The van der Waals surface area contributed by atoms with Gasteiger partial charge in [0.1, 0.15) is 0 Å². The van der Waals surface area contributed by atoms with E-state index >= 15 is 0 Å². The van der Waals surface area contributed by atoms with Crippen LogP contribution >= 0.6 is 0 Å². The highest BCUT2D eigenvalue weighted by Gasteiger charge is 2.31. The van der Waals surface area contributed by atoms with E-state index in [1.165, 1.54) is 56.3 Å². The molecule has 1 aromatic carbocycles. The minimum atomic E-state index is 0.464. The Morgan fingerprint density at radius 2 is 1.81 bits per heavy atom. The zero-order valence-corrected chi connectivity index (χ0v) is 13.6. The van der Waals surface area contributed by atoms with Crippen LogP contribution in [0.2, 0.25) is 0 Å². The molecule has 1 heterocycles. The Morgan fingerprint density at radius 3 is 2.52 bits per heavy atom. The number of hydrogen-bond acceptors (Lipinski definition) is 2. The van der Waals surface area contributed by atoms with Crippen LogP contribution < -0.4 is 5.32 Å². The Hall–Kier alpha value is -0.860. The summed E-state index contributed by atoms with van der Waals surface area (Å²) >= 11 is 0. The number of likely N-dealkylation sites (N-methyl/N-ethyl adjacent to an activating group) is 1. The highest BCUT2D eigenvalue weighted by molar-refractivity contribution is 5.24. The van der Waals surface area contributed by atoms with E-state index in [-0.39, 0.29) is 0 Å². The van der Waals surface area contributed by atoms with Gasteiger partial charge in [0, 0.05) is 19.1 Å². The summed E-state index contributed by atoms with van der Waals surface area (Å²) in [7, 11) is 2.10. The first-order valence-electron chi connectivity index (χ1n) is 8.72. The molecule has 0 aromatic heterocycles. The van der Waals surface area contributed by atoms with E-state index in [9.17, 15) is 0 Å². The van der Waals surface area contributed by atoms with Crippen LogP contribution in [0.5, 0.6) is 0 Å². The first-order valence-corrected chi connectivity index (χ1v) is 8.72. The van der Waals surface area contributed by atoms with Crippen molar-refractivity contribution < 1.29 is 0 Å². The molecule has 0 spiro atoms. The number of benzene rings is 1. The van der Waals surface area contributed by atoms with Crippen LogP contribution in [0, 0.1) is 18.8 Å². The Bertz CT molecular complexity index is 439. The fourth-order valence-electron chi connectivity index (χ4n) is 4.26. The van der Waals surface area contributed by atoms with Gasteiger partial charge >= 0.3 is 0 Å². The number of likely N-dealkylation sites (tertiary alicyclic amines) is 1. The second-order valence-corrected chi connectivity index (χ2v) is 7.10. The van der Waals surface area contributed by atoms with Gasteiger partial charge in [-0.2, -0.15) is 0 Å². The molecule has 1 aromatic rings. The fraction of sp³-hybridized carbons (Fsp3) is 0.684. The van der Waals surface area contributed by atoms with E-state index in [1.54, 1.807) is 0 Å². The summed E-state index contributed by atoms with van der Waals surface area (Å²) in [5.74, 6) is 2.01. The highest BCUT2D eigenvalue weighted by Crippen LogP contribution is 2.36. The fourth-order valence-corrected chi connectivity index (χ4v) is 4.26. The van der Waals surface area contributed by atoms with Crippen molar-refractivity contribution in [3.63, 3.8) is 0 Å². The zero-order valence-electron chi connectivity index (χ0n) is 13.6. The summed E-state index contributed by atoms with van der Waals surface area (Å²) in [5.41, 5.74) is 2.77. The molecule has 1 saturated heterocycles. The lowest BCUT2D eigenvalue weighted by atomic mass is 9.75. The van der Waals surface area contributed by atoms with Gasteiger partial charge < -0.3 is 10.2 Å². The number of aryl methyl sites for hydroxylation is 1. The molecule has 116 valence electrons. The number of fused-ring (bicyclic) bond motifs is 1. The summed E-state index contributed by atoms with van der Waals surface area (Å²) < 4.78 is 0. The Kier molecular flexibility index (Phi) is 4.97. The molecule has 2 fully saturated rings. The third kappa shape index (κ3) is 3.67. The Balaban J connectivity index is 1.60. The van der Waals surface area contributed by atoms with Crippen molar-refractivity contribution in [1.29, 1.82) is 0 Å². The molecule has 0 radical (unpaired) electrons. The quantitative estimate of drug-likeness (QED) is 0.906. The molecule has 3 unspecified atom stereocenters. The lowest BCUT2D eigenvalue weighted by Crippen LogP contribution is -2.44. The average Bonchev–Trinajstić information content (AvgIpc) is 2.53. The van der Waals surface area contributed by atoms with Gasteiger partial charge in [0.15, 0.2) is 0 Å². The van der Waals surface area contributed by atoms with Gasteiger partial charge in [-0.25, -0.2) is 0 Å². The van der Waals surface area contributed by atoms with Gasteiger partial charge in [-0.3, -0.25) is 0 Å². The number of piperidine rings is 1. The smallest absolute Gasteiger partial charge is 0.0446 e. The second-order valence-electron chi connectivity index (χ2n) is 7.10. The van der Waals surface area contributed by atoms with Gasteiger partial charge in [0.2, 0.25) is 0 Å². The Labute approximate surface area is 129 Å². The molecule has 1 aliphatic carbocycles. The van der Waals surface area contributed by atoms with Crippen molar-refractivity contribution in [3.8, 4) is 0 Å². The maximum Gasteiger partial charge on any atom is 0.0446 e. The van der Waals surface area contributed by atoms with Crippen LogP contribution in [-0.2, 0) is 0 Å². The van der Waals surface area contributed by atoms with Gasteiger partial charge in [-0.05, 0) is 50.8 Å². The molecular weight excluding hydrogens is 256 g/mol. The minimum absolute atomic E-state index is 0.464. The van der Waals surface area contributed by atoms with Crippen molar-refractivity contribution >= 4 is 0 Å². The maximum atomic E-state index is 3.52. The molecule has 3 atom stereocenters. The van der Waals surface area contributed by atoms with Crippen LogP contribution in [0.4, 0.5) is 0 Å². The standard InChI is InChI=1S/C19H30N2/c1-15-7-9-17(10-8-15)19(20-2)14-21-12-11-16-5-3-4-6-18(16)13-21/h7-10,16,18-20H,3-6,11-14H2,1-2H3. The third-order valence-corrected chi connectivity index (χ3v) is 5.64. The van der Waals surface area contributed by atoms with Crippen molar-refractivity contribution in [2.75, 3.05) is 26.7 Å². The van der Waals surface area contributed by atoms with Crippen molar-refractivity contribution in [3.05, 3.63) is 35.4 Å². The van der Waals surface area contributed by atoms with E-state index in [0.717, 1.165) is 18.4 Å². The van der Waals surface area contributed by atoms with E-state index in [1.807, 2.05) is 0 Å². The number of hydrogen-bond donors (Lipinski definition) is 1. The normalized spacial score (nSPS) is 28.1. The van der Waals surface area contributed by atoms with E-state index in [0.29, 0.717) is 6.04 Å². The second kappa shape index (κ2) is 6.93. The number of rotatable bonds is 4. The van der Waals surface area contributed by atoms with E-state index < -0.39 is 0 Å². The van der Waals surface area contributed by atoms with Crippen LogP contribution in [0.3, 0.4) is 0 Å². The first-order chi connectivity index (χ1) is 10.3. The monoisotopic (exact) mass is 286 g/mol. The lowest BCUT2D eigenvalue weighted by molar-refractivity contribution is 0.0804. The lowest BCUT2D eigenvalue weighted by Gasteiger charge is -2.42. The number of nitrogens with one attached hydrogen (secondary N) is 1. The van der Waals surface area contributed by atoms with Crippen molar-refractivity contribution in [2.45, 2.75) is 45.1 Å². The molecule has 1 aliphatic heterocycles. The van der Waals surface area contributed by atoms with Crippen LogP contribution in [-0.4, -0.2) is 31.6 Å². The van der Waals surface area contributed by atoms with Crippen LogP contribution in [0.15, 0.2) is 24.3 Å².